The van der Waals surface area contributed by atoms with Crippen LogP contribution in [0.15, 0.2) is 48.5 Å². The van der Waals surface area contributed by atoms with Crippen LogP contribution in [-0.2, 0) is 21.9 Å². The largest absolute Gasteiger partial charge is 0.352 e. The summed E-state index contributed by atoms with van der Waals surface area (Å²) in [6.45, 7) is 4.35. The summed E-state index contributed by atoms with van der Waals surface area (Å²) >= 11 is 1.38. The summed E-state index contributed by atoms with van der Waals surface area (Å²) in [5, 5.41) is 3.16. The fraction of sp³-hybridized carbons (Fsp3) is 0.462. The molecule has 4 nitrogen and oxygen atoms in total. The van der Waals surface area contributed by atoms with Crippen molar-refractivity contribution in [3.63, 3.8) is 0 Å². The number of nitrogens with zero attached hydrogens (tertiary/aromatic N) is 1. The fourth-order valence-electron chi connectivity index (χ4n) is 4.24. The molecule has 0 heterocycles. The summed E-state index contributed by atoms with van der Waals surface area (Å²) < 4.78 is 13.9. The Kier molecular flexibility index (Phi) is 9.15. The first kappa shape index (κ1) is 24.3. The minimum absolute atomic E-state index is 0.0699. The highest BCUT2D eigenvalue weighted by molar-refractivity contribution is 7.99. The summed E-state index contributed by atoms with van der Waals surface area (Å²) in [4.78, 5) is 28.1. The van der Waals surface area contributed by atoms with Gasteiger partial charge in [0.25, 0.3) is 0 Å². The molecule has 0 aliphatic heterocycles. The third-order valence-electron chi connectivity index (χ3n) is 5.96. The smallest absolute Gasteiger partial charge is 0.243 e. The molecule has 32 heavy (non-hydrogen) atoms. The molecule has 1 aliphatic rings. The van der Waals surface area contributed by atoms with E-state index >= 15 is 0 Å². The van der Waals surface area contributed by atoms with Crippen LogP contribution in [0, 0.1) is 12.7 Å². The van der Waals surface area contributed by atoms with E-state index in [4.69, 9.17) is 0 Å². The lowest BCUT2D eigenvalue weighted by Gasteiger charge is -2.31. The van der Waals surface area contributed by atoms with Gasteiger partial charge in [-0.3, -0.25) is 9.59 Å². The van der Waals surface area contributed by atoms with Crippen LogP contribution >= 0.6 is 11.8 Å². The zero-order valence-corrected chi connectivity index (χ0v) is 19.8. The van der Waals surface area contributed by atoms with Crippen LogP contribution < -0.4 is 5.32 Å². The van der Waals surface area contributed by atoms with Gasteiger partial charge in [0, 0.05) is 18.3 Å². The number of rotatable bonds is 10. The van der Waals surface area contributed by atoms with Crippen molar-refractivity contribution in [1.29, 1.82) is 0 Å². The monoisotopic (exact) mass is 456 g/mol. The van der Waals surface area contributed by atoms with Crippen molar-refractivity contribution in [2.24, 2.45) is 0 Å². The Morgan fingerprint density at radius 2 is 1.91 bits per heavy atom. The fourth-order valence-corrected chi connectivity index (χ4v) is 5.14. The average Bonchev–Trinajstić information content (AvgIpc) is 3.28. The molecule has 2 amide bonds. The first-order valence-electron chi connectivity index (χ1n) is 11.4. The number of carbonyl (C=O) groups is 2. The van der Waals surface area contributed by atoms with Crippen molar-refractivity contribution in [1.82, 2.24) is 10.2 Å². The van der Waals surface area contributed by atoms with Crippen LogP contribution in [0.3, 0.4) is 0 Å². The molecule has 1 saturated carbocycles. The van der Waals surface area contributed by atoms with Gasteiger partial charge in [-0.15, -0.1) is 11.8 Å². The van der Waals surface area contributed by atoms with Gasteiger partial charge in [-0.1, -0.05) is 67.8 Å². The number of amides is 2. The van der Waals surface area contributed by atoms with Gasteiger partial charge < -0.3 is 10.2 Å². The van der Waals surface area contributed by atoms with Crippen molar-refractivity contribution in [3.8, 4) is 0 Å². The number of nitrogens with one attached hydrogen (secondary N) is 1. The highest BCUT2D eigenvalue weighted by atomic mass is 32.2. The van der Waals surface area contributed by atoms with Crippen LogP contribution in [0.1, 0.15) is 55.7 Å². The van der Waals surface area contributed by atoms with Crippen molar-refractivity contribution in [2.45, 2.75) is 70.3 Å². The molecule has 2 aromatic carbocycles. The molecule has 3 rings (SSSR count). The van der Waals surface area contributed by atoms with Gasteiger partial charge in [0.15, 0.2) is 0 Å². The van der Waals surface area contributed by atoms with Crippen LogP contribution in [0.5, 0.6) is 0 Å². The van der Waals surface area contributed by atoms with Crippen molar-refractivity contribution < 1.29 is 14.0 Å². The molecule has 0 saturated heterocycles. The first-order chi connectivity index (χ1) is 15.5. The van der Waals surface area contributed by atoms with E-state index in [1.54, 1.807) is 23.1 Å². The summed E-state index contributed by atoms with van der Waals surface area (Å²) in [5.74, 6) is 0.196. The molecule has 2 aromatic rings. The Bertz CT molecular complexity index is 914. The molecule has 1 unspecified atom stereocenters. The molecule has 1 aliphatic carbocycles. The third-order valence-corrected chi connectivity index (χ3v) is 6.93. The minimum atomic E-state index is -0.516. The molecule has 0 aromatic heterocycles. The lowest BCUT2D eigenvalue weighted by molar-refractivity contribution is -0.139. The standard InChI is InChI=1S/C26H33FN2O2S/c1-3-24(26(31)28-22-12-5-6-13-22)29(16-20-10-8-9-19(2)15-20)25(30)18-32-17-21-11-4-7-14-23(21)27/h4,7-11,14-15,22,24H,3,5-6,12-13,16-18H2,1-2H3,(H,28,31). The highest BCUT2D eigenvalue weighted by Crippen LogP contribution is 2.21. The zero-order valence-electron chi connectivity index (χ0n) is 19.0. The molecule has 0 bridgehead atoms. The van der Waals surface area contributed by atoms with Crippen molar-refractivity contribution in [3.05, 3.63) is 71.0 Å². The predicted octanol–water partition coefficient (Wildman–Crippen LogP) is 5.23. The van der Waals surface area contributed by atoms with Crippen molar-refractivity contribution in [2.75, 3.05) is 5.75 Å². The first-order valence-corrected chi connectivity index (χ1v) is 12.6. The Balaban J connectivity index is 1.71. The summed E-state index contributed by atoms with van der Waals surface area (Å²) in [5.41, 5.74) is 2.71. The normalized spacial score (nSPS) is 14.8. The van der Waals surface area contributed by atoms with E-state index in [9.17, 15) is 14.0 Å². The number of carbonyl (C=O) groups excluding carboxylic acids is 2. The molecule has 172 valence electrons. The molecule has 1 fully saturated rings. The molecular weight excluding hydrogens is 423 g/mol. The number of benzene rings is 2. The Labute approximate surface area is 195 Å². The van der Waals surface area contributed by atoms with Gasteiger partial charge in [0.05, 0.1) is 5.75 Å². The molecule has 1 N–H and O–H groups in total. The lowest BCUT2D eigenvalue weighted by Crippen LogP contribution is -2.51. The van der Waals surface area contributed by atoms with Gasteiger partial charge in [0.2, 0.25) is 11.8 Å². The second-order valence-corrected chi connectivity index (χ2v) is 9.49. The van der Waals surface area contributed by atoms with E-state index in [0.29, 0.717) is 24.3 Å². The van der Waals surface area contributed by atoms with Gasteiger partial charge in [-0.25, -0.2) is 4.39 Å². The van der Waals surface area contributed by atoms with E-state index in [2.05, 4.69) is 5.32 Å². The molecule has 0 spiro atoms. The highest BCUT2D eigenvalue weighted by Gasteiger charge is 2.30. The number of hydrogen-bond donors (Lipinski definition) is 1. The third kappa shape index (κ3) is 6.83. The van der Waals surface area contributed by atoms with E-state index in [1.165, 1.54) is 17.8 Å². The maximum atomic E-state index is 13.9. The summed E-state index contributed by atoms with van der Waals surface area (Å²) in [6.07, 6.45) is 4.84. The van der Waals surface area contributed by atoms with Gasteiger partial charge in [-0.2, -0.15) is 0 Å². The molecule has 6 heteroatoms. The van der Waals surface area contributed by atoms with Crippen LogP contribution in [0.25, 0.3) is 0 Å². The Hall–Kier alpha value is -2.34. The van der Waals surface area contributed by atoms with Gasteiger partial charge >= 0.3 is 0 Å². The average molecular weight is 457 g/mol. The van der Waals surface area contributed by atoms with Gasteiger partial charge in [0.1, 0.15) is 11.9 Å². The van der Waals surface area contributed by atoms with E-state index < -0.39 is 6.04 Å². The molecule has 0 radical (unpaired) electrons. The predicted molar refractivity (Wildman–Crippen MR) is 129 cm³/mol. The summed E-state index contributed by atoms with van der Waals surface area (Å²) in [6, 6.07) is 14.3. The second kappa shape index (κ2) is 12.0. The van der Waals surface area contributed by atoms with E-state index in [1.807, 2.05) is 38.1 Å². The minimum Gasteiger partial charge on any atom is -0.352 e. The Morgan fingerprint density at radius 1 is 1.16 bits per heavy atom. The maximum absolute atomic E-state index is 13.9. The van der Waals surface area contributed by atoms with E-state index in [-0.39, 0.29) is 29.4 Å². The topological polar surface area (TPSA) is 49.4 Å². The lowest BCUT2D eigenvalue weighted by atomic mass is 10.1. The second-order valence-electron chi connectivity index (χ2n) is 8.51. The molecular formula is C26H33FN2O2S. The molecule has 1 atom stereocenters. The Morgan fingerprint density at radius 3 is 2.59 bits per heavy atom. The summed E-state index contributed by atoms with van der Waals surface area (Å²) in [7, 11) is 0. The zero-order chi connectivity index (χ0) is 22.9. The maximum Gasteiger partial charge on any atom is 0.243 e. The quantitative estimate of drug-likeness (QED) is 0.532. The van der Waals surface area contributed by atoms with E-state index in [0.717, 1.165) is 36.8 Å². The van der Waals surface area contributed by atoms with Crippen LogP contribution in [0.4, 0.5) is 4.39 Å². The van der Waals surface area contributed by atoms with Crippen LogP contribution in [0.2, 0.25) is 0 Å². The number of hydrogen-bond acceptors (Lipinski definition) is 3. The van der Waals surface area contributed by atoms with Crippen molar-refractivity contribution >= 4 is 23.6 Å². The number of halogens is 1. The van der Waals surface area contributed by atoms with Gasteiger partial charge in [-0.05, 0) is 43.4 Å². The number of aryl methyl sites for hydroxylation is 1. The SMILES string of the molecule is CCC(C(=O)NC1CCCC1)N(Cc1cccc(C)c1)C(=O)CSCc1ccccc1F. The van der Waals surface area contributed by atoms with Crippen LogP contribution in [-0.4, -0.2) is 34.6 Å². The number of thioether (sulfide) groups is 1.